The Morgan fingerprint density at radius 1 is 1.38 bits per heavy atom. The Bertz CT molecular complexity index is 294. The summed E-state index contributed by atoms with van der Waals surface area (Å²) < 4.78 is 6.45. The Hall–Kier alpha value is 0.1000. The first kappa shape index (κ1) is 9.65. The van der Waals surface area contributed by atoms with E-state index in [0.29, 0.717) is 0 Å². The first-order valence-corrected chi connectivity index (χ1v) is 6.05. The number of rotatable bonds is 1. The summed E-state index contributed by atoms with van der Waals surface area (Å²) in [4.78, 5) is 0. The first-order chi connectivity index (χ1) is 6.22. The molecule has 2 rings (SSSR count). The van der Waals surface area contributed by atoms with Crippen LogP contribution in [0.15, 0.2) is 15.2 Å². The van der Waals surface area contributed by atoms with Crippen molar-refractivity contribution in [2.45, 2.75) is 18.4 Å². The van der Waals surface area contributed by atoms with Crippen molar-refractivity contribution in [2.24, 2.45) is 5.73 Å². The van der Waals surface area contributed by atoms with E-state index in [1.807, 2.05) is 0 Å². The molecule has 1 aliphatic rings. The molecule has 2 N–H and O–H groups in total. The van der Waals surface area contributed by atoms with Crippen LogP contribution in [0.4, 0.5) is 0 Å². The van der Waals surface area contributed by atoms with Crippen LogP contribution < -0.4 is 5.73 Å². The summed E-state index contributed by atoms with van der Waals surface area (Å²) >= 11 is 5.22. The van der Waals surface area contributed by atoms with Gasteiger partial charge in [-0.15, -0.1) is 0 Å². The third kappa shape index (κ3) is 1.81. The highest BCUT2D eigenvalue weighted by atomic mass is 79.9. The molecule has 0 saturated carbocycles. The average Bonchev–Trinajstić information content (AvgIpc) is 2.53. The fraction of sp³-hybridized carbons (Fsp3) is 0.556. The van der Waals surface area contributed by atoms with E-state index in [1.54, 1.807) is 11.3 Å². The highest BCUT2D eigenvalue weighted by Crippen LogP contribution is 2.36. The second-order valence-corrected chi connectivity index (χ2v) is 5.00. The van der Waals surface area contributed by atoms with E-state index in [2.05, 4.69) is 26.7 Å². The second kappa shape index (κ2) is 3.69. The molecule has 0 atom stereocenters. The molecule has 0 amide bonds. The van der Waals surface area contributed by atoms with Crippen molar-refractivity contribution in [1.29, 1.82) is 0 Å². The third-order valence-electron chi connectivity index (χ3n) is 2.54. The van der Waals surface area contributed by atoms with Crippen LogP contribution in [0.25, 0.3) is 0 Å². The highest BCUT2D eigenvalue weighted by molar-refractivity contribution is 9.10. The van der Waals surface area contributed by atoms with E-state index < -0.39 is 0 Å². The SMILES string of the molecule is NC1(c2cscc2Br)CCOCC1. The van der Waals surface area contributed by atoms with Crippen LogP contribution >= 0.6 is 27.3 Å². The zero-order valence-corrected chi connectivity index (χ0v) is 9.66. The molecule has 1 aromatic heterocycles. The fourth-order valence-electron chi connectivity index (χ4n) is 1.64. The highest BCUT2D eigenvalue weighted by Gasteiger charge is 2.31. The van der Waals surface area contributed by atoms with Crippen molar-refractivity contribution >= 4 is 27.3 Å². The lowest BCUT2D eigenvalue weighted by molar-refractivity contribution is 0.0522. The lowest BCUT2D eigenvalue weighted by Gasteiger charge is -2.33. The molecule has 1 aromatic rings. The van der Waals surface area contributed by atoms with Gasteiger partial charge in [0.15, 0.2) is 0 Å². The number of hydrogen-bond acceptors (Lipinski definition) is 3. The molecule has 0 unspecified atom stereocenters. The Morgan fingerprint density at radius 3 is 2.62 bits per heavy atom. The summed E-state index contributed by atoms with van der Waals surface area (Å²) in [6.45, 7) is 1.55. The smallest absolute Gasteiger partial charge is 0.0486 e. The molecule has 0 bridgehead atoms. The van der Waals surface area contributed by atoms with Crippen molar-refractivity contribution in [3.05, 3.63) is 20.8 Å². The summed E-state index contributed by atoms with van der Waals surface area (Å²) in [6, 6.07) is 0. The molecular weight excluding hydrogens is 250 g/mol. The number of nitrogens with two attached hydrogens (primary N) is 1. The number of hydrogen-bond donors (Lipinski definition) is 1. The Balaban J connectivity index is 2.27. The number of thiophene rings is 1. The van der Waals surface area contributed by atoms with E-state index in [-0.39, 0.29) is 5.54 Å². The summed E-state index contributed by atoms with van der Waals surface area (Å²) in [6.07, 6.45) is 1.84. The quantitative estimate of drug-likeness (QED) is 0.843. The first-order valence-electron chi connectivity index (χ1n) is 4.31. The maximum absolute atomic E-state index is 6.32. The molecule has 0 aromatic carbocycles. The van der Waals surface area contributed by atoms with Gasteiger partial charge in [-0.05, 0) is 39.7 Å². The largest absolute Gasteiger partial charge is 0.381 e. The van der Waals surface area contributed by atoms with Crippen LogP contribution in [0.1, 0.15) is 18.4 Å². The monoisotopic (exact) mass is 261 g/mol. The maximum Gasteiger partial charge on any atom is 0.0486 e. The molecule has 2 nitrogen and oxygen atoms in total. The summed E-state index contributed by atoms with van der Waals surface area (Å²) in [5, 5.41) is 4.22. The maximum atomic E-state index is 6.32. The van der Waals surface area contributed by atoms with Crippen molar-refractivity contribution in [2.75, 3.05) is 13.2 Å². The molecule has 72 valence electrons. The molecule has 0 aliphatic carbocycles. The lowest BCUT2D eigenvalue weighted by Crippen LogP contribution is -2.42. The number of ether oxygens (including phenoxy) is 1. The molecule has 0 spiro atoms. The van der Waals surface area contributed by atoms with Gasteiger partial charge in [0.05, 0.1) is 0 Å². The van der Waals surface area contributed by atoms with Gasteiger partial charge in [0.2, 0.25) is 0 Å². The predicted molar refractivity (Wildman–Crippen MR) is 57.9 cm³/mol. The van der Waals surface area contributed by atoms with Crippen molar-refractivity contribution in [3.63, 3.8) is 0 Å². The molecular formula is C9H12BrNOS. The zero-order chi connectivity index (χ0) is 9.31. The standard InChI is InChI=1S/C9H12BrNOS/c10-8-6-13-5-7(8)9(11)1-3-12-4-2-9/h5-6H,1-4,11H2. The van der Waals surface area contributed by atoms with Gasteiger partial charge in [-0.2, -0.15) is 11.3 Å². The van der Waals surface area contributed by atoms with Crippen LogP contribution in [0.3, 0.4) is 0 Å². The van der Waals surface area contributed by atoms with E-state index in [9.17, 15) is 0 Å². The van der Waals surface area contributed by atoms with Gasteiger partial charge in [-0.25, -0.2) is 0 Å². The van der Waals surface area contributed by atoms with E-state index >= 15 is 0 Å². The normalized spacial score (nSPS) is 21.7. The molecule has 4 heteroatoms. The van der Waals surface area contributed by atoms with Gasteiger partial charge in [-0.1, -0.05) is 0 Å². The zero-order valence-electron chi connectivity index (χ0n) is 7.25. The van der Waals surface area contributed by atoms with Gasteiger partial charge in [-0.3, -0.25) is 0 Å². The minimum absolute atomic E-state index is 0.170. The van der Waals surface area contributed by atoms with Crippen LogP contribution in [0.5, 0.6) is 0 Å². The number of halogens is 1. The van der Waals surface area contributed by atoms with Crippen LogP contribution in [-0.2, 0) is 10.3 Å². The topological polar surface area (TPSA) is 35.2 Å². The molecule has 1 saturated heterocycles. The summed E-state index contributed by atoms with van der Waals surface area (Å²) in [7, 11) is 0. The average molecular weight is 262 g/mol. The molecule has 2 heterocycles. The van der Waals surface area contributed by atoms with Gasteiger partial charge >= 0.3 is 0 Å². The van der Waals surface area contributed by atoms with E-state index in [1.165, 1.54) is 5.56 Å². The van der Waals surface area contributed by atoms with Crippen molar-refractivity contribution < 1.29 is 4.74 Å². The van der Waals surface area contributed by atoms with Crippen LogP contribution in [-0.4, -0.2) is 13.2 Å². The van der Waals surface area contributed by atoms with Crippen LogP contribution in [0, 0.1) is 0 Å². The van der Waals surface area contributed by atoms with Gasteiger partial charge in [0, 0.05) is 28.6 Å². The van der Waals surface area contributed by atoms with Gasteiger partial charge in [0.25, 0.3) is 0 Å². The van der Waals surface area contributed by atoms with Crippen molar-refractivity contribution in [1.82, 2.24) is 0 Å². The second-order valence-electron chi connectivity index (χ2n) is 3.40. The fourth-order valence-corrected chi connectivity index (χ4v) is 3.44. The Labute approximate surface area is 90.2 Å². The molecule has 1 aliphatic heterocycles. The Kier molecular flexibility index (Phi) is 2.74. The van der Waals surface area contributed by atoms with Crippen molar-refractivity contribution in [3.8, 4) is 0 Å². The minimum atomic E-state index is -0.170. The van der Waals surface area contributed by atoms with Gasteiger partial charge < -0.3 is 10.5 Å². The van der Waals surface area contributed by atoms with Crippen LogP contribution in [0.2, 0.25) is 0 Å². The third-order valence-corrected chi connectivity index (χ3v) is 4.24. The Morgan fingerprint density at radius 2 is 2.08 bits per heavy atom. The van der Waals surface area contributed by atoms with Gasteiger partial charge in [0.1, 0.15) is 0 Å². The summed E-state index contributed by atoms with van der Waals surface area (Å²) in [5.74, 6) is 0. The molecule has 0 radical (unpaired) electrons. The molecule has 1 fully saturated rings. The lowest BCUT2D eigenvalue weighted by atomic mass is 9.86. The summed E-state index contributed by atoms with van der Waals surface area (Å²) in [5.41, 5.74) is 7.39. The van der Waals surface area contributed by atoms with E-state index in [0.717, 1.165) is 30.5 Å². The predicted octanol–water partition coefficient (Wildman–Crippen LogP) is 2.48. The minimum Gasteiger partial charge on any atom is -0.381 e. The molecule has 13 heavy (non-hydrogen) atoms. The van der Waals surface area contributed by atoms with E-state index in [4.69, 9.17) is 10.5 Å².